The lowest BCUT2D eigenvalue weighted by molar-refractivity contribution is -0.121. The zero-order valence-electron chi connectivity index (χ0n) is 19.1. The molecule has 1 unspecified atom stereocenters. The van der Waals surface area contributed by atoms with Crippen LogP contribution in [0, 0.1) is 0 Å². The highest BCUT2D eigenvalue weighted by Gasteiger charge is 2.27. The number of urea groups is 1. The van der Waals surface area contributed by atoms with Crippen molar-refractivity contribution >= 4 is 35.3 Å². The van der Waals surface area contributed by atoms with E-state index in [9.17, 15) is 14.4 Å². The second kappa shape index (κ2) is 10.9. The summed E-state index contributed by atoms with van der Waals surface area (Å²) >= 11 is 1.23. The minimum absolute atomic E-state index is 0.100. The number of methoxy groups -OCH3 is 2. The Morgan fingerprint density at radius 1 is 1.06 bits per heavy atom. The maximum Gasteiger partial charge on any atom is 0.321 e. The number of nitrogens with one attached hydrogen (secondary N) is 3. The Labute approximate surface area is 205 Å². The lowest BCUT2D eigenvalue weighted by Crippen LogP contribution is -2.53. The van der Waals surface area contributed by atoms with E-state index in [0.29, 0.717) is 28.2 Å². The third-order valence-corrected chi connectivity index (χ3v) is 6.12. The number of benzene rings is 2. The van der Waals surface area contributed by atoms with Crippen molar-refractivity contribution in [3.63, 3.8) is 0 Å². The number of rotatable bonds is 9. The number of imide groups is 1. The van der Waals surface area contributed by atoms with Gasteiger partial charge in [-0.05, 0) is 48.5 Å². The maximum absolute atomic E-state index is 12.5. The van der Waals surface area contributed by atoms with Crippen molar-refractivity contribution in [2.45, 2.75) is 24.0 Å². The van der Waals surface area contributed by atoms with Crippen molar-refractivity contribution in [2.24, 2.45) is 0 Å². The fourth-order valence-corrected chi connectivity index (χ4v) is 4.31. The highest BCUT2D eigenvalue weighted by atomic mass is 32.2. The van der Waals surface area contributed by atoms with Crippen molar-refractivity contribution in [1.29, 1.82) is 0 Å². The second-order valence-corrected chi connectivity index (χ2v) is 8.57. The highest BCUT2D eigenvalue weighted by Crippen LogP contribution is 2.25. The smallest absolute Gasteiger partial charge is 0.321 e. The highest BCUT2D eigenvalue weighted by molar-refractivity contribution is 7.99. The van der Waals surface area contributed by atoms with Crippen LogP contribution in [0.4, 0.5) is 10.5 Å². The van der Waals surface area contributed by atoms with Gasteiger partial charge in [-0.2, -0.15) is 0 Å². The molecule has 1 fully saturated rings. The Bertz CT molecular complexity index is 1200. The Balaban J connectivity index is 1.51. The average molecular weight is 497 g/mol. The Hall–Kier alpha value is -4.06. The van der Waals surface area contributed by atoms with Gasteiger partial charge in [-0.1, -0.05) is 11.8 Å². The summed E-state index contributed by atoms with van der Waals surface area (Å²) in [4.78, 5) is 36.0. The first-order valence-electron chi connectivity index (χ1n) is 10.7. The number of nitrogens with zero attached hydrogens (tertiary/aromatic N) is 3. The molecule has 0 saturated carbocycles. The molecule has 0 spiro atoms. The van der Waals surface area contributed by atoms with E-state index in [-0.39, 0.29) is 30.4 Å². The van der Waals surface area contributed by atoms with E-state index in [4.69, 9.17) is 9.47 Å². The molecule has 4 rings (SSSR count). The molecule has 0 aliphatic carbocycles. The molecule has 182 valence electrons. The number of carbonyl (C=O) groups excluding carboxylic acids is 3. The molecule has 1 atom stereocenters. The number of anilines is 1. The monoisotopic (exact) mass is 496 g/mol. The number of amides is 4. The van der Waals surface area contributed by atoms with E-state index in [1.807, 2.05) is 16.7 Å². The normalized spacial score (nSPS) is 15.2. The molecule has 4 amide bonds. The van der Waals surface area contributed by atoms with Gasteiger partial charge >= 0.3 is 6.03 Å². The molecule has 3 aromatic rings. The van der Waals surface area contributed by atoms with Crippen molar-refractivity contribution < 1.29 is 23.9 Å². The van der Waals surface area contributed by atoms with Gasteiger partial charge in [-0.15, -0.1) is 10.2 Å². The van der Waals surface area contributed by atoms with Gasteiger partial charge in [-0.3, -0.25) is 19.5 Å². The summed E-state index contributed by atoms with van der Waals surface area (Å²) in [5, 5.41) is 16.9. The van der Waals surface area contributed by atoms with E-state index in [1.165, 1.54) is 11.8 Å². The largest absolute Gasteiger partial charge is 0.497 e. The van der Waals surface area contributed by atoms with Gasteiger partial charge in [0.05, 0.1) is 20.0 Å². The lowest BCUT2D eigenvalue weighted by Gasteiger charge is -2.23. The van der Waals surface area contributed by atoms with E-state index in [0.717, 1.165) is 5.69 Å². The molecule has 1 aliphatic heterocycles. The topological polar surface area (TPSA) is 136 Å². The Morgan fingerprint density at radius 2 is 1.71 bits per heavy atom. The molecule has 0 radical (unpaired) electrons. The van der Waals surface area contributed by atoms with E-state index in [1.54, 1.807) is 50.6 Å². The summed E-state index contributed by atoms with van der Waals surface area (Å²) in [6.45, 7) is 0. The van der Waals surface area contributed by atoms with Gasteiger partial charge in [0.25, 0.3) is 0 Å². The molecule has 12 heteroatoms. The first-order chi connectivity index (χ1) is 16.9. The standard InChI is InChI=1S/C23H24N6O5S/c1-33-17-7-3-14(4-8-17)24-21(31)13-35-23-28-27-19(11-15-12-20(30)26-22(32)25-15)29(23)16-5-9-18(34-2)10-6-16/h3-10,15H,11-13H2,1-2H3,(H,24,31)(H2,25,26,30,32). The second-order valence-electron chi connectivity index (χ2n) is 7.62. The summed E-state index contributed by atoms with van der Waals surface area (Å²) < 4.78 is 12.2. The third-order valence-electron chi connectivity index (χ3n) is 5.19. The Kier molecular flexibility index (Phi) is 7.51. The SMILES string of the molecule is COc1ccc(NC(=O)CSc2nnc(CC3CC(=O)NC(=O)N3)n2-c2ccc(OC)cc2)cc1. The first-order valence-corrected chi connectivity index (χ1v) is 11.7. The number of carbonyl (C=O) groups is 3. The van der Waals surface area contributed by atoms with Gasteiger partial charge in [0.1, 0.15) is 17.3 Å². The van der Waals surface area contributed by atoms with Crippen LogP contribution >= 0.6 is 11.8 Å². The van der Waals surface area contributed by atoms with Gasteiger partial charge in [0, 0.05) is 30.3 Å². The minimum atomic E-state index is -0.536. The summed E-state index contributed by atoms with van der Waals surface area (Å²) in [5.41, 5.74) is 1.41. The van der Waals surface area contributed by atoms with E-state index in [2.05, 4.69) is 26.1 Å². The number of thioether (sulfide) groups is 1. The molecular formula is C23H24N6O5S. The van der Waals surface area contributed by atoms with Gasteiger partial charge in [-0.25, -0.2) is 4.79 Å². The maximum atomic E-state index is 12.5. The van der Waals surface area contributed by atoms with Crippen LogP contribution < -0.4 is 25.4 Å². The van der Waals surface area contributed by atoms with Crippen LogP contribution in [0.1, 0.15) is 12.2 Å². The van der Waals surface area contributed by atoms with Crippen LogP contribution in [-0.4, -0.2) is 58.6 Å². The predicted molar refractivity (Wildman–Crippen MR) is 129 cm³/mol. The number of aromatic nitrogens is 3. The quantitative estimate of drug-likeness (QED) is 0.384. The van der Waals surface area contributed by atoms with Gasteiger partial charge < -0.3 is 20.1 Å². The number of hydrogen-bond donors (Lipinski definition) is 3. The van der Waals surface area contributed by atoms with Gasteiger partial charge in [0.2, 0.25) is 11.8 Å². The summed E-state index contributed by atoms with van der Waals surface area (Å²) in [5.74, 6) is 1.48. The Morgan fingerprint density at radius 3 is 2.34 bits per heavy atom. The fraction of sp³-hybridized carbons (Fsp3) is 0.261. The minimum Gasteiger partial charge on any atom is -0.497 e. The average Bonchev–Trinajstić information content (AvgIpc) is 3.24. The van der Waals surface area contributed by atoms with Crippen LogP contribution in [0.2, 0.25) is 0 Å². The van der Waals surface area contributed by atoms with Crippen LogP contribution in [-0.2, 0) is 16.0 Å². The molecule has 1 aliphatic rings. The lowest BCUT2D eigenvalue weighted by atomic mass is 10.1. The summed E-state index contributed by atoms with van der Waals surface area (Å²) in [7, 11) is 3.16. The van der Waals surface area contributed by atoms with Crippen LogP contribution in [0.25, 0.3) is 5.69 Å². The van der Waals surface area contributed by atoms with Crippen molar-refractivity contribution in [2.75, 3.05) is 25.3 Å². The fourth-order valence-electron chi connectivity index (χ4n) is 3.54. The van der Waals surface area contributed by atoms with Crippen molar-refractivity contribution in [3.8, 4) is 17.2 Å². The molecule has 2 aromatic carbocycles. The molecule has 35 heavy (non-hydrogen) atoms. The molecule has 1 aromatic heterocycles. The summed E-state index contributed by atoms with van der Waals surface area (Å²) in [6, 6.07) is 13.4. The van der Waals surface area contributed by atoms with Crippen LogP contribution in [0.3, 0.4) is 0 Å². The van der Waals surface area contributed by atoms with Crippen molar-refractivity contribution in [3.05, 3.63) is 54.4 Å². The van der Waals surface area contributed by atoms with Crippen molar-refractivity contribution in [1.82, 2.24) is 25.4 Å². The molecule has 3 N–H and O–H groups in total. The molecule has 11 nitrogen and oxygen atoms in total. The molecule has 2 heterocycles. The third kappa shape index (κ3) is 6.09. The van der Waals surface area contributed by atoms with Gasteiger partial charge in [0.15, 0.2) is 5.16 Å². The molecule has 0 bridgehead atoms. The predicted octanol–water partition coefficient (Wildman–Crippen LogP) is 2.16. The summed E-state index contributed by atoms with van der Waals surface area (Å²) in [6.07, 6.45) is 0.421. The molecular weight excluding hydrogens is 472 g/mol. The zero-order valence-corrected chi connectivity index (χ0v) is 19.9. The van der Waals surface area contributed by atoms with E-state index >= 15 is 0 Å². The first kappa shape index (κ1) is 24.1. The van der Waals surface area contributed by atoms with E-state index < -0.39 is 12.1 Å². The molecule has 1 saturated heterocycles. The zero-order chi connectivity index (χ0) is 24.8. The van der Waals surface area contributed by atoms with Crippen LogP contribution in [0.15, 0.2) is 53.7 Å². The van der Waals surface area contributed by atoms with Crippen LogP contribution in [0.5, 0.6) is 11.5 Å². The number of ether oxygens (including phenoxy) is 2. The number of hydrogen-bond acceptors (Lipinski definition) is 8.